The van der Waals surface area contributed by atoms with Crippen LogP contribution in [0.25, 0.3) is 0 Å². The highest BCUT2D eigenvalue weighted by Gasteiger charge is 2.12. The van der Waals surface area contributed by atoms with E-state index in [1.54, 1.807) is 0 Å². The number of hydrogen-bond acceptors (Lipinski definition) is 1. The van der Waals surface area contributed by atoms with Gasteiger partial charge in [-0.2, -0.15) is 0 Å². The molecule has 0 spiro atoms. The van der Waals surface area contributed by atoms with Crippen molar-refractivity contribution in [2.45, 2.75) is 26.8 Å². The number of benzene rings is 1. The summed E-state index contributed by atoms with van der Waals surface area (Å²) in [5, 5.41) is 2.90. The first-order valence-electron chi connectivity index (χ1n) is 4.83. The van der Waals surface area contributed by atoms with Crippen molar-refractivity contribution in [2.24, 2.45) is 5.92 Å². The molecule has 0 saturated heterocycles. The molecule has 84 valence electrons. The maximum atomic E-state index is 12.8. The second kappa shape index (κ2) is 4.55. The molecule has 1 unspecified atom stereocenters. The van der Waals surface area contributed by atoms with Crippen LogP contribution in [0.2, 0.25) is 0 Å². The molecule has 1 N–H and O–H groups in total. The smallest absolute Gasteiger partial charge is 0.194 e. The van der Waals surface area contributed by atoms with Crippen LogP contribution >= 0.6 is 0 Å². The predicted octanol–water partition coefficient (Wildman–Crippen LogP) is 3.56. The molecule has 1 nitrogen and oxygen atoms in total. The quantitative estimate of drug-likeness (QED) is 0.763. The Hall–Kier alpha value is -1.19. The number of anilines is 1. The lowest BCUT2D eigenvalue weighted by molar-refractivity contribution is 0.447. The molecule has 1 rings (SSSR count). The summed E-state index contributed by atoms with van der Waals surface area (Å²) in [6, 6.07) is 1.98. The van der Waals surface area contributed by atoms with Crippen LogP contribution in [-0.4, -0.2) is 6.04 Å². The Labute approximate surface area is 87.3 Å². The summed E-state index contributed by atoms with van der Waals surface area (Å²) in [5.41, 5.74) is 0.257. The van der Waals surface area contributed by atoms with Crippen LogP contribution in [-0.2, 0) is 0 Å². The fourth-order valence-corrected chi connectivity index (χ4v) is 1.07. The summed E-state index contributed by atoms with van der Waals surface area (Å²) < 4.78 is 38.3. The molecule has 0 aliphatic rings. The van der Waals surface area contributed by atoms with Crippen LogP contribution in [0.5, 0.6) is 0 Å². The van der Waals surface area contributed by atoms with E-state index in [0.717, 1.165) is 12.1 Å². The first-order valence-corrected chi connectivity index (χ1v) is 4.83. The minimum Gasteiger partial charge on any atom is -0.382 e. The highest BCUT2D eigenvalue weighted by atomic mass is 19.2. The highest BCUT2D eigenvalue weighted by Crippen LogP contribution is 2.19. The van der Waals surface area contributed by atoms with Gasteiger partial charge in [-0.25, -0.2) is 13.2 Å². The van der Waals surface area contributed by atoms with Crippen molar-refractivity contribution in [3.05, 3.63) is 29.6 Å². The van der Waals surface area contributed by atoms with E-state index < -0.39 is 17.5 Å². The van der Waals surface area contributed by atoms with Gasteiger partial charge in [-0.3, -0.25) is 0 Å². The van der Waals surface area contributed by atoms with Crippen LogP contribution in [0.3, 0.4) is 0 Å². The number of hydrogen-bond donors (Lipinski definition) is 1. The maximum absolute atomic E-state index is 12.8. The van der Waals surface area contributed by atoms with Crippen LogP contribution in [0.4, 0.5) is 18.9 Å². The van der Waals surface area contributed by atoms with E-state index in [1.165, 1.54) is 0 Å². The largest absolute Gasteiger partial charge is 0.382 e. The van der Waals surface area contributed by atoms with Gasteiger partial charge in [0.1, 0.15) is 0 Å². The Balaban J connectivity index is 2.88. The van der Waals surface area contributed by atoms with Gasteiger partial charge < -0.3 is 5.32 Å². The zero-order valence-corrected chi connectivity index (χ0v) is 8.94. The third-order valence-electron chi connectivity index (χ3n) is 2.38. The van der Waals surface area contributed by atoms with E-state index >= 15 is 0 Å². The average Bonchev–Trinajstić information content (AvgIpc) is 2.13. The van der Waals surface area contributed by atoms with E-state index in [4.69, 9.17) is 0 Å². The minimum absolute atomic E-state index is 0.0641. The molecule has 1 aromatic carbocycles. The van der Waals surface area contributed by atoms with Gasteiger partial charge in [-0.1, -0.05) is 13.8 Å². The molecule has 15 heavy (non-hydrogen) atoms. The number of halogens is 3. The molecule has 0 bridgehead atoms. The summed E-state index contributed by atoms with van der Waals surface area (Å²) in [5.74, 6) is -3.46. The molecule has 0 aromatic heterocycles. The van der Waals surface area contributed by atoms with E-state index in [0.29, 0.717) is 5.92 Å². The van der Waals surface area contributed by atoms with Crippen molar-refractivity contribution in [3.63, 3.8) is 0 Å². The van der Waals surface area contributed by atoms with Crippen molar-refractivity contribution >= 4 is 5.69 Å². The van der Waals surface area contributed by atoms with Gasteiger partial charge in [-0.05, 0) is 12.8 Å². The van der Waals surface area contributed by atoms with Crippen LogP contribution < -0.4 is 5.32 Å². The fraction of sp³-hybridized carbons (Fsp3) is 0.455. The van der Waals surface area contributed by atoms with Gasteiger partial charge >= 0.3 is 0 Å². The van der Waals surface area contributed by atoms with E-state index in [-0.39, 0.29) is 11.7 Å². The highest BCUT2D eigenvalue weighted by molar-refractivity contribution is 5.44. The first kappa shape index (κ1) is 11.9. The number of rotatable bonds is 3. The third kappa shape index (κ3) is 2.88. The predicted molar refractivity (Wildman–Crippen MR) is 54.2 cm³/mol. The van der Waals surface area contributed by atoms with Crippen molar-refractivity contribution in [2.75, 3.05) is 5.32 Å². The molecular weight excluding hydrogens is 203 g/mol. The zero-order valence-electron chi connectivity index (χ0n) is 8.94. The lowest BCUT2D eigenvalue weighted by Crippen LogP contribution is -2.21. The first-order chi connectivity index (χ1) is 6.91. The summed E-state index contributed by atoms with van der Waals surface area (Å²) >= 11 is 0. The van der Waals surface area contributed by atoms with Gasteiger partial charge in [0.2, 0.25) is 0 Å². The van der Waals surface area contributed by atoms with Crippen LogP contribution in [0.15, 0.2) is 12.1 Å². The minimum atomic E-state index is -1.43. The number of nitrogens with one attached hydrogen (secondary N) is 1. The third-order valence-corrected chi connectivity index (χ3v) is 2.38. The Kier molecular flexibility index (Phi) is 3.61. The Bertz CT molecular complexity index is 327. The second-order valence-electron chi connectivity index (χ2n) is 3.93. The monoisotopic (exact) mass is 217 g/mol. The van der Waals surface area contributed by atoms with E-state index in [9.17, 15) is 13.2 Å². The Morgan fingerprint density at radius 3 is 1.87 bits per heavy atom. The molecule has 0 heterocycles. The van der Waals surface area contributed by atoms with Crippen LogP contribution in [0.1, 0.15) is 20.8 Å². The Morgan fingerprint density at radius 1 is 1.00 bits per heavy atom. The van der Waals surface area contributed by atoms with Crippen molar-refractivity contribution in [3.8, 4) is 0 Å². The molecule has 0 fully saturated rings. The lowest BCUT2D eigenvalue weighted by atomic mass is 10.1. The normalized spacial score (nSPS) is 13.0. The average molecular weight is 217 g/mol. The standard InChI is InChI=1S/C11H14F3N/c1-6(2)7(3)15-8-4-9(12)11(14)10(13)5-8/h4-7,15H,1-3H3. The lowest BCUT2D eigenvalue weighted by Gasteiger charge is -2.18. The SMILES string of the molecule is CC(C)C(C)Nc1cc(F)c(F)c(F)c1. The molecule has 0 aliphatic heterocycles. The summed E-state index contributed by atoms with van der Waals surface area (Å²) in [6.45, 7) is 5.85. The molecule has 1 atom stereocenters. The van der Waals surface area contributed by atoms with Gasteiger partial charge in [-0.15, -0.1) is 0 Å². The van der Waals surface area contributed by atoms with Crippen molar-refractivity contribution in [1.29, 1.82) is 0 Å². The fourth-order valence-electron chi connectivity index (χ4n) is 1.07. The molecule has 1 aromatic rings. The van der Waals surface area contributed by atoms with Gasteiger partial charge in [0, 0.05) is 23.9 Å². The van der Waals surface area contributed by atoms with Crippen molar-refractivity contribution < 1.29 is 13.2 Å². The Morgan fingerprint density at radius 2 is 1.47 bits per heavy atom. The topological polar surface area (TPSA) is 12.0 Å². The summed E-state index contributed by atoms with van der Waals surface area (Å²) in [6.07, 6.45) is 0. The van der Waals surface area contributed by atoms with E-state index in [1.807, 2.05) is 20.8 Å². The van der Waals surface area contributed by atoms with Gasteiger partial charge in [0.25, 0.3) is 0 Å². The molecule has 0 saturated carbocycles. The van der Waals surface area contributed by atoms with Gasteiger partial charge in [0.15, 0.2) is 17.5 Å². The van der Waals surface area contributed by atoms with Crippen LogP contribution in [0, 0.1) is 23.4 Å². The second-order valence-corrected chi connectivity index (χ2v) is 3.93. The molecule has 0 aliphatic carbocycles. The molecule has 4 heteroatoms. The molecular formula is C11H14F3N. The summed E-state index contributed by atoms with van der Waals surface area (Å²) in [4.78, 5) is 0. The van der Waals surface area contributed by atoms with Gasteiger partial charge in [0.05, 0.1) is 0 Å². The maximum Gasteiger partial charge on any atom is 0.194 e. The zero-order chi connectivity index (χ0) is 11.6. The van der Waals surface area contributed by atoms with Crippen molar-refractivity contribution in [1.82, 2.24) is 0 Å². The summed E-state index contributed by atoms with van der Waals surface area (Å²) in [7, 11) is 0. The molecule has 0 amide bonds. The van der Waals surface area contributed by atoms with E-state index in [2.05, 4.69) is 5.32 Å². The molecule has 0 radical (unpaired) electrons.